The first-order chi connectivity index (χ1) is 8.82. The lowest BCUT2D eigenvalue weighted by atomic mass is 9.99. The van der Waals surface area contributed by atoms with Crippen LogP contribution in [-0.2, 0) is 4.74 Å². The van der Waals surface area contributed by atoms with Crippen molar-refractivity contribution in [3.8, 4) is 0 Å². The summed E-state index contributed by atoms with van der Waals surface area (Å²) in [6, 6.07) is 4.50. The Morgan fingerprint density at radius 1 is 1.26 bits per heavy atom. The van der Waals surface area contributed by atoms with Crippen molar-refractivity contribution in [2.24, 2.45) is 5.73 Å². The average Bonchev–Trinajstić information content (AvgIpc) is 2.25. The number of nitrogens with two attached hydrogens (primary N) is 1. The van der Waals surface area contributed by atoms with Crippen molar-refractivity contribution in [1.82, 2.24) is 0 Å². The second kappa shape index (κ2) is 5.14. The molecule has 19 heavy (non-hydrogen) atoms. The molecule has 0 aliphatic carbocycles. The minimum atomic E-state index is -0.147. The molecule has 0 saturated carbocycles. The molecule has 3 heteroatoms. The molecule has 0 radical (unpaired) electrons. The van der Waals surface area contributed by atoms with Crippen LogP contribution in [0.25, 0.3) is 0 Å². The Morgan fingerprint density at radius 2 is 1.84 bits per heavy atom. The summed E-state index contributed by atoms with van der Waals surface area (Å²) in [5, 5.41) is 0. The lowest BCUT2D eigenvalue weighted by Gasteiger charge is -2.44. The Bertz CT molecular complexity index is 445. The van der Waals surface area contributed by atoms with Gasteiger partial charge in [0, 0.05) is 25.3 Å². The van der Waals surface area contributed by atoms with Crippen LogP contribution in [0.1, 0.15) is 30.5 Å². The molecule has 0 bridgehead atoms. The van der Waals surface area contributed by atoms with E-state index in [1.54, 1.807) is 0 Å². The third kappa shape index (κ3) is 3.10. The van der Waals surface area contributed by atoms with Crippen molar-refractivity contribution in [2.75, 3.05) is 24.5 Å². The maximum atomic E-state index is 6.01. The van der Waals surface area contributed by atoms with Gasteiger partial charge in [0.2, 0.25) is 0 Å². The van der Waals surface area contributed by atoms with Crippen LogP contribution in [-0.4, -0.2) is 31.3 Å². The molecular formula is C16H26N2O. The molecule has 1 atom stereocenters. The SMILES string of the molecule is Cc1cc(C)c(N2CC(CN)OC(C)(C)C2)c(C)c1. The van der Waals surface area contributed by atoms with Crippen LogP contribution in [0.15, 0.2) is 12.1 Å². The van der Waals surface area contributed by atoms with Gasteiger partial charge >= 0.3 is 0 Å². The van der Waals surface area contributed by atoms with Gasteiger partial charge in [-0.15, -0.1) is 0 Å². The lowest BCUT2D eigenvalue weighted by Crippen LogP contribution is -2.55. The fourth-order valence-corrected chi connectivity index (χ4v) is 3.26. The molecular weight excluding hydrogens is 236 g/mol. The van der Waals surface area contributed by atoms with Crippen molar-refractivity contribution in [2.45, 2.75) is 46.3 Å². The summed E-state index contributed by atoms with van der Waals surface area (Å²) in [6.45, 7) is 13.2. The number of anilines is 1. The van der Waals surface area contributed by atoms with Crippen LogP contribution in [0.2, 0.25) is 0 Å². The zero-order valence-corrected chi connectivity index (χ0v) is 12.8. The molecule has 1 unspecified atom stereocenters. The molecule has 1 aliphatic rings. The number of benzene rings is 1. The molecule has 1 aliphatic heterocycles. The predicted molar refractivity (Wildman–Crippen MR) is 80.9 cm³/mol. The summed E-state index contributed by atoms with van der Waals surface area (Å²) < 4.78 is 6.01. The normalized spacial score (nSPS) is 22.6. The van der Waals surface area contributed by atoms with E-state index in [2.05, 4.69) is 51.7 Å². The number of nitrogens with zero attached hydrogens (tertiary/aromatic N) is 1. The minimum absolute atomic E-state index is 0.115. The number of morpholine rings is 1. The van der Waals surface area contributed by atoms with Crippen molar-refractivity contribution in [1.29, 1.82) is 0 Å². The molecule has 2 rings (SSSR count). The summed E-state index contributed by atoms with van der Waals surface area (Å²) in [4.78, 5) is 2.44. The van der Waals surface area contributed by atoms with Crippen LogP contribution in [0.4, 0.5) is 5.69 Å². The van der Waals surface area contributed by atoms with Gasteiger partial charge in [0.15, 0.2) is 0 Å². The molecule has 1 aromatic carbocycles. The number of ether oxygens (including phenoxy) is 1. The molecule has 1 saturated heterocycles. The maximum absolute atomic E-state index is 6.01. The highest BCUT2D eigenvalue weighted by atomic mass is 16.5. The third-order valence-electron chi connectivity index (χ3n) is 3.70. The Morgan fingerprint density at radius 3 is 2.37 bits per heavy atom. The third-order valence-corrected chi connectivity index (χ3v) is 3.70. The maximum Gasteiger partial charge on any atom is 0.0879 e. The summed E-state index contributed by atoms with van der Waals surface area (Å²) >= 11 is 0. The fraction of sp³-hybridized carbons (Fsp3) is 0.625. The molecule has 0 spiro atoms. The van der Waals surface area contributed by atoms with E-state index in [1.165, 1.54) is 22.4 Å². The molecule has 3 nitrogen and oxygen atoms in total. The highest BCUT2D eigenvalue weighted by Crippen LogP contribution is 2.31. The van der Waals surface area contributed by atoms with Crippen molar-refractivity contribution >= 4 is 5.69 Å². The fourth-order valence-electron chi connectivity index (χ4n) is 3.26. The van der Waals surface area contributed by atoms with E-state index in [0.717, 1.165) is 13.1 Å². The van der Waals surface area contributed by atoms with E-state index < -0.39 is 0 Å². The monoisotopic (exact) mass is 262 g/mol. The largest absolute Gasteiger partial charge is 0.367 e. The number of aryl methyl sites for hydroxylation is 3. The lowest BCUT2D eigenvalue weighted by molar-refractivity contribution is -0.0788. The van der Waals surface area contributed by atoms with Gasteiger partial charge in [-0.3, -0.25) is 0 Å². The number of hydrogen-bond acceptors (Lipinski definition) is 3. The highest BCUT2D eigenvalue weighted by Gasteiger charge is 2.33. The topological polar surface area (TPSA) is 38.5 Å². The molecule has 1 fully saturated rings. The molecule has 1 heterocycles. The van der Waals surface area contributed by atoms with E-state index in [1.807, 2.05) is 0 Å². The van der Waals surface area contributed by atoms with Gasteiger partial charge in [0.1, 0.15) is 0 Å². The zero-order valence-electron chi connectivity index (χ0n) is 12.8. The van der Waals surface area contributed by atoms with Gasteiger partial charge in [-0.05, 0) is 45.7 Å². The first-order valence-corrected chi connectivity index (χ1v) is 7.03. The Balaban J connectivity index is 2.35. The first-order valence-electron chi connectivity index (χ1n) is 7.03. The predicted octanol–water partition coefficient (Wildman–Crippen LogP) is 2.55. The summed E-state index contributed by atoms with van der Waals surface area (Å²) in [7, 11) is 0. The van der Waals surface area contributed by atoms with E-state index in [4.69, 9.17) is 10.5 Å². The van der Waals surface area contributed by atoms with Crippen LogP contribution in [0.5, 0.6) is 0 Å². The van der Waals surface area contributed by atoms with Gasteiger partial charge in [-0.25, -0.2) is 0 Å². The van der Waals surface area contributed by atoms with Gasteiger partial charge < -0.3 is 15.4 Å². The Labute approximate surface area is 116 Å². The number of rotatable bonds is 2. The van der Waals surface area contributed by atoms with Crippen molar-refractivity contribution < 1.29 is 4.74 Å². The standard InChI is InChI=1S/C16H26N2O/c1-11-6-12(2)15(13(3)7-11)18-9-14(8-17)19-16(4,5)10-18/h6-7,14H,8-10,17H2,1-5H3. The summed E-state index contributed by atoms with van der Waals surface area (Å²) in [5.74, 6) is 0. The molecule has 0 amide bonds. The van der Waals surface area contributed by atoms with Gasteiger partial charge in [-0.2, -0.15) is 0 Å². The van der Waals surface area contributed by atoms with Gasteiger partial charge in [-0.1, -0.05) is 17.7 Å². The van der Waals surface area contributed by atoms with E-state index >= 15 is 0 Å². The molecule has 106 valence electrons. The second-order valence-corrected chi connectivity index (χ2v) is 6.36. The Kier molecular flexibility index (Phi) is 3.88. The summed E-state index contributed by atoms with van der Waals surface area (Å²) in [5.41, 5.74) is 11.0. The zero-order chi connectivity index (χ0) is 14.2. The smallest absolute Gasteiger partial charge is 0.0879 e. The van der Waals surface area contributed by atoms with E-state index in [-0.39, 0.29) is 11.7 Å². The van der Waals surface area contributed by atoms with E-state index in [0.29, 0.717) is 6.54 Å². The van der Waals surface area contributed by atoms with Gasteiger partial charge in [0.05, 0.1) is 11.7 Å². The first kappa shape index (κ1) is 14.4. The second-order valence-electron chi connectivity index (χ2n) is 6.36. The van der Waals surface area contributed by atoms with Gasteiger partial charge in [0.25, 0.3) is 0 Å². The number of hydrogen-bond donors (Lipinski definition) is 1. The van der Waals surface area contributed by atoms with Crippen molar-refractivity contribution in [3.05, 3.63) is 28.8 Å². The van der Waals surface area contributed by atoms with Crippen molar-refractivity contribution in [3.63, 3.8) is 0 Å². The molecule has 1 aromatic rings. The van der Waals surface area contributed by atoms with Crippen LogP contribution < -0.4 is 10.6 Å². The van der Waals surface area contributed by atoms with Crippen LogP contribution >= 0.6 is 0 Å². The summed E-state index contributed by atoms with van der Waals surface area (Å²) in [6.07, 6.45) is 0.115. The Hall–Kier alpha value is -1.06. The quantitative estimate of drug-likeness (QED) is 0.890. The van der Waals surface area contributed by atoms with Crippen LogP contribution in [0.3, 0.4) is 0 Å². The minimum Gasteiger partial charge on any atom is -0.367 e. The molecule has 0 aromatic heterocycles. The molecule has 2 N–H and O–H groups in total. The highest BCUT2D eigenvalue weighted by molar-refractivity contribution is 5.60. The van der Waals surface area contributed by atoms with E-state index in [9.17, 15) is 0 Å². The average molecular weight is 262 g/mol. The van der Waals surface area contributed by atoms with Crippen LogP contribution in [0, 0.1) is 20.8 Å².